The molecule has 90 valence electrons. The van der Waals surface area contributed by atoms with E-state index >= 15 is 0 Å². The number of benzene rings is 1. The highest BCUT2D eigenvalue weighted by Crippen LogP contribution is 2.33. The lowest BCUT2D eigenvalue weighted by Gasteiger charge is -2.39. The topological polar surface area (TPSA) is 46.6 Å². The van der Waals surface area contributed by atoms with Gasteiger partial charge in [-0.25, -0.2) is 0 Å². The molecule has 0 spiro atoms. The first-order chi connectivity index (χ1) is 8.22. The van der Waals surface area contributed by atoms with Crippen LogP contribution in [0, 0.1) is 0 Å². The van der Waals surface area contributed by atoms with Crippen molar-refractivity contribution < 1.29 is 14.3 Å². The Kier molecular flexibility index (Phi) is 3.42. The smallest absolute Gasteiger partial charge is 0.325 e. The second-order valence-corrected chi connectivity index (χ2v) is 3.96. The predicted octanol–water partition coefficient (Wildman–Crippen LogP) is 1.52. The summed E-state index contributed by atoms with van der Waals surface area (Å²) in [5, 5.41) is 0. The number of hydrogen-bond acceptors (Lipinski definition) is 3. The van der Waals surface area contributed by atoms with Crippen LogP contribution in [0.4, 0.5) is 0 Å². The molecule has 0 bridgehead atoms. The summed E-state index contributed by atoms with van der Waals surface area (Å²) in [5.74, 6) is -0.339. The molecule has 1 aliphatic rings. The molecule has 1 aromatic rings. The fourth-order valence-electron chi connectivity index (χ4n) is 1.97. The molecular formula is C13H15NO3. The standard InChI is InChI=1S/C13H15NO3/c1-2-17-13(16)9-14-11(8-12(14)15)10-6-4-3-5-7-10/h3-7,11H,2,8-9H2,1H3. The number of carbonyl (C=O) groups is 2. The van der Waals surface area contributed by atoms with Crippen LogP contribution in [0.5, 0.6) is 0 Å². The highest BCUT2D eigenvalue weighted by atomic mass is 16.5. The third-order valence-electron chi connectivity index (χ3n) is 2.85. The minimum Gasteiger partial charge on any atom is -0.465 e. The quantitative estimate of drug-likeness (QED) is 0.585. The number of rotatable bonds is 4. The van der Waals surface area contributed by atoms with Crippen LogP contribution in [0.15, 0.2) is 30.3 Å². The summed E-state index contributed by atoms with van der Waals surface area (Å²) >= 11 is 0. The van der Waals surface area contributed by atoms with Gasteiger partial charge in [-0.3, -0.25) is 9.59 Å². The minimum atomic E-state index is -0.346. The molecule has 1 fully saturated rings. The van der Waals surface area contributed by atoms with Crippen molar-refractivity contribution in [1.29, 1.82) is 0 Å². The molecule has 1 aromatic carbocycles. The Morgan fingerprint density at radius 2 is 2.12 bits per heavy atom. The van der Waals surface area contributed by atoms with Gasteiger partial charge in [-0.2, -0.15) is 0 Å². The van der Waals surface area contributed by atoms with Crippen LogP contribution in [-0.4, -0.2) is 29.9 Å². The lowest BCUT2D eigenvalue weighted by Crippen LogP contribution is -2.49. The number of esters is 1. The lowest BCUT2D eigenvalue weighted by molar-refractivity contribution is -0.157. The summed E-state index contributed by atoms with van der Waals surface area (Å²) in [6.45, 7) is 2.15. The zero-order valence-electron chi connectivity index (χ0n) is 9.76. The Labute approximate surface area is 100 Å². The van der Waals surface area contributed by atoms with Gasteiger partial charge in [-0.15, -0.1) is 0 Å². The van der Waals surface area contributed by atoms with E-state index in [4.69, 9.17) is 4.74 Å². The van der Waals surface area contributed by atoms with Crippen LogP contribution in [0.25, 0.3) is 0 Å². The summed E-state index contributed by atoms with van der Waals surface area (Å²) in [4.78, 5) is 24.4. The molecule has 1 saturated heterocycles. The number of carbonyl (C=O) groups excluding carboxylic acids is 2. The predicted molar refractivity (Wildman–Crippen MR) is 62.1 cm³/mol. The van der Waals surface area contributed by atoms with Crippen LogP contribution in [0.2, 0.25) is 0 Å². The summed E-state index contributed by atoms with van der Waals surface area (Å²) in [6, 6.07) is 9.75. The summed E-state index contributed by atoms with van der Waals surface area (Å²) in [5.41, 5.74) is 1.07. The number of nitrogens with zero attached hydrogens (tertiary/aromatic N) is 1. The SMILES string of the molecule is CCOC(=O)CN1C(=O)CC1c1ccccc1. The van der Waals surface area contributed by atoms with Crippen molar-refractivity contribution in [1.82, 2.24) is 4.90 Å². The van der Waals surface area contributed by atoms with E-state index in [2.05, 4.69) is 0 Å². The fourth-order valence-corrected chi connectivity index (χ4v) is 1.97. The van der Waals surface area contributed by atoms with Crippen molar-refractivity contribution in [3.63, 3.8) is 0 Å². The zero-order valence-corrected chi connectivity index (χ0v) is 9.76. The molecule has 1 heterocycles. The van der Waals surface area contributed by atoms with Crippen molar-refractivity contribution in [2.75, 3.05) is 13.2 Å². The molecule has 0 radical (unpaired) electrons. The monoisotopic (exact) mass is 233 g/mol. The van der Waals surface area contributed by atoms with Gasteiger partial charge in [0.25, 0.3) is 0 Å². The van der Waals surface area contributed by atoms with Crippen LogP contribution in [0.3, 0.4) is 0 Å². The van der Waals surface area contributed by atoms with Gasteiger partial charge in [-0.05, 0) is 12.5 Å². The van der Waals surface area contributed by atoms with E-state index in [1.165, 1.54) is 0 Å². The highest BCUT2D eigenvalue weighted by Gasteiger charge is 2.38. The lowest BCUT2D eigenvalue weighted by atomic mass is 9.94. The highest BCUT2D eigenvalue weighted by molar-refractivity contribution is 5.87. The Morgan fingerprint density at radius 3 is 2.71 bits per heavy atom. The third-order valence-corrected chi connectivity index (χ3v) is 2.85. The third kappa shape index (κ3) is 2.46. The number of ether oxygens (including phenoxy) is 1. The maximum absolute atomic E-state index is 11.5. The Hall–Kier alpha value is -1.84. The first kappa shape index (κ1) is 11.6. The van der Waals surface area contributed by atoms with Crippen LogP contribution < -0.4 is 0 Å². The van der Waals surface area contributed by atoms with Gasteiger partial charge < -0.3 is 9.64 Å². The first-order valence-corrected chi connectivity index (χ1v) is 5.72. The van der Waals surface area contributed by atoms with Gasteiger partial charge in [0.05, 0.1) is 19.1 Å². The van der Waals surface area contributed by atoms with Gasteiger partial charge in [0.1, 0.15) is 6.54 Å². The molecule has 1 atom stereocenters. The second kappa shape index (κ2) is 4.99. The van der Waals surface area contributed by atoms with Gasteiger partial charge >= 0.3 is 5.97 Å². The summed E-state index contributed by atoms with van der Waals surface area (Å²) in [6.07, 6.45) is 0.476. The van der Waals surface area contributed by atoms with Gasteiger partial charge in [0.2, 0.25) is 5.91 Å². The van der Waals surface area contributed by atoms with Crippen molar-refractivity contribution in [2.24, 2.45) is 0 Å². The Bertz CT molecular complexity index is 416. The number of amides is 1. The molecule has 1 amide bonds. The molecule has 4 heteroatoms. The van der Waals surface area contributed by atoms with E-state index in [0.29, 0.717) is 13.0 Å². The van der Waals surface area contributed by atoms with E-state index in [-0.39, 0.29) is 24.5 Å². The van der Waals surface area contributed by atoms with Crippen molar-refractivity contribution in [3.8, 4) is 0 Å². The average Bonchev–Trinajstić information content (AvgIpc) is 2.34. The normalized spacial score (nSPS) is 18.8. The summed E-state index contributed by atoms with van der Waals surface area (Å²) in [7, 11) is 0. The molecular weight excluding hydrogens is 218 g/mol. The maximum Gasteiger partial charge on any atom is 0.325 e. The van der Waals surface area contributed by atoms with E-state index in [0.717, 1.165) is 5.56 Å². The molecule has 0 saturated carbocycles. The van der Waals surface area contributed by atoms with Crippen molar-refractivity contribution >= 4 is 11.9 Å². The molecule has 1 aliphatic heterocycles. The number of likely N-dealkylation sites (tertiary alicyclic amines) is 1. The van der Waals surface area contributed by atoms with Gasteiger partial charge in [-0.1, -0.05) is 30.3 Å². The molecule has 0 aliphatic carbocycles. The van der Waals surface area contributed by atoms with E-state index in [9.17, 15) is 9.59 Å². The Balaban J connectivity index is 2.01. The molecule has 17 heavy (non-hydrogen) atoms. The largest absolute Gasteiger partial charge is 0.465 e. The van der Waals surface area contributed by atoms with Crippen molar-refractivity contribution in [2.45, 2.75) is 19.4 Å². The van der Waals surface area contributed by atoms with E-state index in [1.807, 2.05) is 30.3 Å². The second-order valence-electron chi connectivity index (χ2n) is 3.96. The van der Waals surface area contributed by atoms with Crippen LogP contribution >= 0.6 is 0 Å². The first-order valence-electron chi connectivity index (χ1n) is 5.72. The van der Waals surface area contributed by atoms with E-state index in [1.54, 1.807) is 11.8 Å². The molecule has 2 rings (SSSR count). The van der Waals surface area contributed by atoms with Crippen LogP contribution in [-0.2, 0) is 14.3 Å². The van der Waals surface area contributed by atoms with Gasteiger partial charge in [0, 0.05) is 0 Å². The minimum absolute atomic E-state index is 0.00639. The fraction of sp³-hybridized carbons (Fsp3) is 0.385. The van der Waals surface area contributed by atoms with Crippen molar-refractivity contribution in [3.05, 3.63) is 35.9 Å². The van der Waals surface area contributed by atoms with Crippen LogP contribution in [0.1, 0.15) is 24.9 Å². The average molecular weight is 233 g/mol. The molecule has 4 nitrogen and oxygen atoms in total. The number of hydrogen-bond donors (Lipinski definition) is 0. The maximum atomic E-state index is 11.5. The molecule has 0 aromatic heterocycles. The van der Waals surface area contributed by atoms with Gasteiger partial charge in [0.15, 0.2) is 0 Å². The molecule has 0 N–H and O–H groups in total. The Morgan fingerprint density at radius 1 is 1.41 bits per heavy atom. The molecule has 1 unspecified atom stereocenters. The number of β-lactam (4-membered cyclic amide) rings is 1. The zero-order chi connectivity index (χ0) is 12.3. The van der Waals surface area contributed by atoms with E-state index < -0.39 is 0 Å². The summed E-state index contributed by atoms with van der Waals surface area (Å²) < 4.78 is 4.85.